The summed E-state index contributed by atoms with van der Waals surface area (Å²) in [6.45, 7) is 2.87. The van der Waals surface area contributed by atoms with E-state index in [4.69, 9.17) is 9.84 Å². The zero-order valence-electron chi connectivity index (χ0n) is 6.42. The van der Waals surface area contributed by atoms with Crippen molar-refractivity contribution in [3.05, 3.63) is 0 Å². The fourth-order valence-corrected chi connectivity index (χ4v) is 1.19. The summed E-state index contributed by atoms with van der Waals surface area (Å²) in [7, 11) is 2.05. The van der Waals surface area contributed by atoms with Crippen molar-refractivity contribution in [1.29, 1.82) is 0 Å². The summed E-state index contributed by atoms with van der Waals surface area (Å²) in [5, 5.41) is 8.78. The molecule has 0 bridgehead atoms. The minimum absolute atomic E-state index is 0.0347. The Morgan fingerprint density at radius 3 is 3.20 bits per heavy atom. The van der Waals surface area contributed by atoms with E-state index < -0.39 is 0 Å². The summed E-state index contributed by atoms with van der Waals surface area (Å²) in [4.78, 5) is 2.19. The Kier molecular flexibility index (Phi) is 3.12. The van der Waals surface area contributed by atoms with Crippen LogP contribution in [0.4, 0.5) is 0 Å². The molecule has 0 aromatic heterocycles. The summed E-state index contributed by atoms with van der Waals surface area (Å²) in [5.41, 5.74) is 0. The van der Waals surface area contributed by atoms with E-state index in [0.29, 0.717) is 0 Å². The molecule has 3 heteroatoms. The van der Waals surface area contributed by atoms with Gasteiger partial charge in [-0.25, -0.2) is 0 Å². The largest absolute Gasteiger partial charge is 0.394 e. The minimum Gasteiger partial charge on any atom is -0.394 e. The second-order valence-electron chi connectivity index (χ2n) is 2.79. The predicted octanol–water partition coefficient (Wildman–Crippen LogP) is -0.301. The minimum atomic E-state index is 0.0347. The molecule has 1 rings (SSSR count). The van der Waals surface area contributed by atoms with Crippen LogP contribution < -0.4 is 0 Å². The third-order valence-corrected chi connectivity index (χ3v) is 1.76. The van der Waals surface area contributed by atoms with Gasteiger partial charge in [-0.1, -0.05) is 0 Å². The van der Waals surface area contributed by atoms with Crippen LogP contribution in [-0.4, -0.2) is 49.5 Å². The SMILES string of the molecule is CN1CCCOC(CO)C1. The molecule has 10 heavy (non-hydrogen) atoms. The number of hydrogen-bond donors (Lipinski definition) is 1. The Balaban J connectivity index is 2.30. The van der Waals surface area contributed by atoms with Crippen molar-refractivity contribution in [2.45, 2.75) is 12.5 Å². The van der Waals surface area contributed by atoms with Crippen LogP contribution in [0.15, 0.2) is 0 Å². The predicted molar refractivity (Wildman–Crippen MR) is 38.9 cm³/mol. The van der Waals surface area contributed by atoms with Crippen LogP contribution in [0.1, 0.15) is 6.42 Å². The van der Waals surface area contributed by atoms with Gasteiger partial charge in [-0.3, -0.25) is 0 Å². The molecule has 0 aromatic rings. The Bertz CT molecular complexity index is 97.6. The number of likely N-dealkylation sites (N-methyl/N-ethyl adjacent to an activating group) is 1. The van der Waals surface area contributed by atoms with E-state index in [1.807, 2.05) is 0 Å². The van der Waals surface area contributed by atoms with Crippen LogP contribution in [-0.2, 0) is 4.74 Å². The van der Waals surface area contributed by atoms with Crippen LogP contribution >= 0.6 is 0 Å². The molecular weight excluding hydrogens is 130 g/mol. The molecule has 1 saturated heterocycles. The lowest BCUT2D eigenvalue weighted by atomic mass is 10.3. The standard InChI is InChI=1S/C7H15NO2/c1-8-3-2-4-10-7(5-8)6-9/h7,9H,2-6H2,1H3. The second kappa shape index (κ2) is 3.91. The van der Waals surface area contributed by atoms with Gasteiger partial charge in [-0.15, -0.1) is 0 Å². The van der Waals surface area contributed by atoms with Crippen molar-refractivity contribution in [3.63, 3.8) is 0 Å². The molecule has 0 saturated carbocycles. The maximum atomic E-state index is 8.78. The first-order valence-corrected chi connectivity index (χ1v) is 3.74. The van der Waals surface area contributed by atoms with E-state index in [2.05, 4.69) is 11.9 Å². The molecule has 60 valence electrons. The van der Waals surface area contributed by atoms with E-state index in [0.717, 1.165) is 26.1 Å². The number of aliphatic hydroxyl groups is 1. The Morgan fingerprint density at radius 2 is 2.50 bits per heavy atom. The summed E-state index contributed by atoms with van der Waals surface area (Å²) in [5.74, 6) is 0. The summed E-state index contributed by atoms with van der Waals surface area (Å²) in [6, 6.07) is 0. The van der Waals surface area contributed by atoms with Gasteiger partial charge in [0.25, 0.3) is 0 Å². The lowest BCUT2D eigenvalue weighted by Crippen LogP contribution is -2.30. The molecule has 0 aromatic carbocycles. The normalized spacial score (nSPS) is 30.0. The highest BCUT2D eigenvalue weighted by Gasteiger charge is 2.13. The van der Waals surface area contributed by atoms with Gasteiger partial charge in [0.2, 0.25) is 0 Å². The van der Waals surface area contributed by atoms with Crippen molar-refractivity contribution >= 4 is 0 Å². The van der Waals surface area contributed by atoms with Gasteiger partial charge in [-0.2, -0.15) is 0 Å². The van der Waals surface area contributed by atoms with Crippen LogP contribution in [0, 0.1) is 0 Å². The van der Waals surface area contributed by atoms with Crippen molar-refractivity contribution in [2.24, 2.45) is 0 Å². The molecule has 1 atom stereocenters. The zero-order chi connectivity index (χ0) is 7.40. The van der Waals surface area contributed by atoms with Crippen LogP contribution in [0.5, 0.6) is 0 Å². The zero-order valence-corrected chi connectivity index (χ0v) is 6.42. The van der Waals surface area contributed by atoms with Crippen LogP contribution in [0.25, 0.3) is 0 Å². The van der Waals surface area contributed by atoms with Gasteiger partial charge in [-0.05, 0) is 13.5 Å². The second-order valence-corrected chi connectivity index (χ2v) is 2.79. The van der Waals surface area contributed by atoms with Gasteiger partial charge in [0.1, 0.15) is 0 Å². The first-order valence-electron chi connectivity index (χ1n) is 3.74. The number of aliphatic hydroxyl groups excluding tert-OH is 1. The molecule has 3 nitrogen and oxygen atoms in total. The number of nitrogens with zero attached hydrogens (tertiary/aromatic N) is 1. The molecule has 0 radical (unpaired) electrons. The first-order chi connectivity index (χ1) is 4.83. The van der Waals surface area contributed by atoms with E-state index >= 15 is 0 Å². The van der Waals surface area contributed by atoms with E-state index in [1.165, 1.54) is 0 Å². The van der Waals surface area contributed by atoms with Gasteiger partial charge in [0.15, 0.2) is 0 Å². The third-order valence-electron chi connectivity index (χ3n) is 1.76. The molecule has 0 amide bonds. The highest BCUT2D eigenvalue weighted by atomic mass is 16.5. The Labute approximate surface area is 61.6 Å². The van der Waals surface area contributed by atoms with Crippen molar-refractivity contribution in [3.8, 4) is 0 Å². The van der Waals surface area contributed by atoms with Crippen LogP contribution in [0.2, 0.25) is 0 Å². The average Bonchev–Trinajstić information content (AvgIpc) is 2.13. The topological polar surface area (TPSA) is 32.7 Å². The molecule has 1 aliphatic rings. The molecule has 1 fully saturated rings. The van der Waals surface area contributed by atoms with Crippen molar-refractivity contribution in [2.75, 3.05) is 33.4 Å². The molecule has 1 heterocycles. The van der Waals surface area contributed by atoms with Gasteiger partial charge < -0.3 is 14.7 Å². The molecule has 0 spiro atoms. The maximum absolute atomic E-state index is 8.78. The van der Waals surface area contributed by atoms with Gasteiger partial charge in [0, 0.05) is 19.7 Å². The van der Waals surface area contributed by atoms with Crippen molar-refractivity contribution in [1.82, 2.24) is 4.90 Å². The monoisotopic (exact) mass is 145 g/mol. The fraction of sp³-hybridized carbons (Fsp3) is 1.00. The first kappa shape index (κ1) is 7.98. The van der Waals surface area contributed by atoms with Crippen LogP contribution in [0.3, 0.4) is 0 Å². The molecule has 1 unspecified atom stereocenters. The number of rotatable bonds is 1. The van der Waals surface area contributed by atoms with E-state index in [-0.39, 0.29) is 12.7 Å². The smallest absolute Gasteiger partial charge is 0.0932 e. The van der Waals surface area contributed by atoms with Crippen molar-refractivity contribution < 1.29 is 9.84 Å². The molecule has 1 N–H and O–H groups in total. The fourth-order valence-electron chi connectivity index (χ4n) is 1.19. The maximum Gasteiger partial charge on any atom is 0.0932 e. The quantitative estimate of drug-likeness (QED) is 0.550. The van der Waals surface area contributed by atoms with E-state index in [1.54, 1.807) is 0 Å². The van der Waals surface area contributed by atoms with Gasteiger partial charge >= 0.3 is 0 Å². The number of ether oxygens (including phenoxy) is 1. The molecule has 1 aliphatic heterocycles. The summed E-state index contributed by atoms with van der Waals surface area (Å²) >= 11 is 0. The molecular formula is C7H15NO2. The highest BCUT2D eigenvalue weighted by Crippen LogP contribution is 2.02. The summed E-state index contributed by atoms with van der Waals surface area (Å²) in [6.07, 6.45) is 1.11. The average molecular weight is 145 g/mol. The van der Waals surface area contributed by atoms with Gasteiger partial charge in [0.05, 0.1) is 12.7 Å². The Hall–Kier alpha value is -0.120. The Morgan fingerprint density at radius 1 is 1.70 bits per heavy atom. The molecule has 0 aliphatic carbocycles. The lowest BCUT2D eigenvalue weighted by Gasteiger charge is -2.16. The third kappa shape index (κ3) is 2.25. The van der Waals surface area contributed by atoms with E-state index in [9.17, 15) is 0 Å². The highest BCUT2D eigenvalue weighted by molar-refractivity contribution is 4.65. The summed E-state index contributed by atoms with van der Waals surface area (Å²) < 4.78 is 5.33. The number of hydrogen-bond acceptors (Lipinski definition) is 3. The lowest BCUT2D eigenvalue weighted by molar-refractivity contribution is 0.0161.